The molecule has 4 aliphatic rings. The third-order valence-corrected chi connectivity index (χ3v) is 7.46. The first kappa shape index (κ1) is 20.0. The number of likely N-dealkylation sites (N-methyl/N-ethyl adjacent to an activating group) is 1. The monoisotopic (exact) mass is 462 g/mol. The number of piperazine rings is 1. The molecule has 2 fully saturated rings. The number of nitrogens with zero attached hydrogens (tertiary/aromatic N) is 4. The number of carbonyl (C=O) groups is 2. The second-order valence-electron chi connectivity index (χ2n) is 9.30. The van der Waals surface area contributed by atoms with Gasteiger partial charge in [-0.3, -0.25) is 19.5 Å². The summed E-state index contributed by atoms with van der Waals surface area (Å²) in [5, 5.41) is 0.447. The van der Waals surface area contributed by atoms with E-state index in [1.807, 2.05) is 4.90 Å². The molecule has 2 saturated heterocycles. The Balaban J connectivity index is 1.47. The number of amides is 1. The van der Waals surface area contributed by atoms with Gasteiger partial charge in [-0.2, -0.15) is 0 Å². The molecule has 2 atom stereocenters. The fourth-order valence-electron chi connectivity index (χ4n) is 5.71. The molecule has 2 aromatic carbocycles. The van der Waals surface area contributed by atoms with Crippen LogP contribution in [0.2, 0.25) is 0 Å². The third kappa shape index (κ3) is 2.42. The number of nitrogens with one attached hydrogen (secondary N) is 2. The molecule has 8 nitrogen and oxygen atoms in total. The van der Waals surface area contributed by atoms with Gasteiger partial charge in [-0.1, -0.05) is 12.1 Å². The van der Waals surface area contributed by atoms with E-state index in [0.717, 1.165) is 0 Å². The minimum atomic E-state index is -0.721. The van der Waals surface area contributed by atoms with Crippen molar-refractivity contribution in [1.82, 2.24) is 20.7 Å². The zero-order valence-corrected chi connectivity index (χ0v) is 18.4. The van der Waals surface area contributed by atoms with Crippen molar-refractivity contribution in [3.05, 3.63) is 53.2 Å². The Kier molecular flexibility index (Phi) is 3.85. The molecule has 34 heavy (non-hydrogen) atoms. The number of pyridine rings is 1. The maximum atomic E-state index is 15.9. The molecule has 1 amide bonds. The maximum absolute atomic E-state index is 15.9. The summed E-state index contributed by atoms with van der Waals surface area (Å²) < 4.78 is 30.6. The number of halogens is 2. The highest BCUT2D eigenvalue weighted by atomic mass is 19.1. The molecular formula is C24H20F2N6O2. The van der Waals surface area contributed by atoms with Gasteiger partial charge in [0.15, 0.2) is 11.6 Å². The summed E-state index contributed by atoms with van der Waals surface area (Å²) >= 11 is 0. The summed E-state index contributed by atoms with van der Waals surface area (Å²) in [6.45, 7) is 3.10. The smallest absolute Gasteiger partial charge is 0.250 e. The van der Waals surface area contributed by atoms with Gasteiger partial charge in [0.05, 0.1) is 17.6 Å². The molecule has 1 aliphatic carbocycles. The first-order valence-corrected chi connectivity index (χ1v) is 11.2. The topological polar surface area (TPSA) is 101 Å². The number of carbonyl (C=O) groups excluding carboxylic acids is 2. The molecule has 3 aliphatic heterocycles. The highest BCUT2D eigenvalue weighted by Gasteiger charge is 2.47. The Morgan fingerprint density at radius 2 is 1.88 bits per heavy atom. The zero-order valence-electron chi connectivity index (χ0n) is 18.4. The highest BCUT2D eigenvalue weighted by molar-refractivity contribution is 6.24. The molecule has 0 bridgehead atoms. The Morgan fingerprint density at radius 3 is 2.65 bits per heavy atom. The van der Waals surface area contributed by atoms with Crippen LogP contribution in [0.1, 0.15) is 22.8 Å². The van der Waals surface area contributed by atoms with E-state index in [1.165, 1.54) is 24.4 Å². The lowest BCUT2D eigenvalue weighted by Gasteiger charge is -2.49. The fraction of sp³-hybridized carbons (Fsp3) is 0.292. The van der Waals surface area contributed by atoms with Gasteiger partial charge in [0.1, 0.15) is 23.7 Å². The van der Waals surface area contributed by atoms with Crippen molar-refractivity contribution in [3.8, 4) is 11.1 Å². The summed E-state index contributed by atoms with van der Waals surface area (Å²) in [5.74, 6) is -1.85. The van der Waals surface area contributed by atoms with E-state index in [2.05, 4.69) is 27.7 Å². The predicted molar refractivity (Wildman–Crippen MR) is 121 cm³/mol. The van der Waals surface area contributed by atoms with Crippen LogP contribution < -0.4 is 20.7 Å². The molecular weight excluding hydrogens is 442 g/mol. The van der Waals surface area contributed by atoms with Gasteiger partial charge in [-0.15, -0.1) is 0 Å². The quantitative estimate of drug-likeness (QED) is 0.417. The van der Waals surface area contributed by atoms with Gasteiger partial charge in [0, 0.05) is 53.8 Å². The maximum Gasteiger partial charge on any atom is 0.250 e. The zero-order chi connectivity index (χ0) is 23.5. The standard InChI is InChI=1S/C24H20F2N6O2/c1-10-8-32-16(9-31(10)24-28-29-24)23(34)30(2)15-7-27-20-13(21(15)32)6-12-18(19(20)26)17-11(22(12)33)4-3-5-14(17)25/h3-7,10,16,24,28-29H,8-9H2,1-2H3. The van der Waals surface area contributed by atoms with Crippen LogP contribution >= 0.6 is 0 Å². The Hall–Kier alpha value is -3.47. The Bertz CT molecular complexity index is 1460. The van der Waals surface area contributed by atoms with Crippen LogP contribution in [-0.4, -0.2) is 60.1 Å². The molecule has 2 N–H and O–H groups in total. The summed E-state index contributed by atoms with van der Waals surface area (Å²) in [6.07, 6.45) is 1.51. The van der Waals surface area contributed by atoms with Crippen LogP contribution in [0.5, 0.6) is 0 Å². The molecule has 0 spiro atoms. The molecule has 2 unspecified atom stereocenters. The first-order valence-electron chi connectivity index (χ1n) is 11.2. The number of rotatable bonds is 1. The normalized spacial score (nSPS) is 23.8. The highest BCUT2D eigenvalue weighted by Crippen LogP contribution is 2.47. The number of hydrogen-bond donors (Lipinski definition) is 2. The number of fused-ring (bicyclic) bond motifs is 8. The van der Waals surface area contributed by atoms with Crippen molar-refractivity contribution in [2.24, 2.45) is 0 Å². The second kappa shape index (κ2) is 6.56. The Labute approximate surface area is 193 Å². The Morgan fingerprint density at radius 1 is 1.09 bits per heavy atom. The van der Waals surface area contributed by atoms with Crippen molar-refractivity contribution in [3.63, 3.8) is 0 Å². The molecule has 7 rings (SSSR count). The number of anilines is 2. The lowest BCUT2D eigenvalue weighted by molar-refractivity contribution is -0.121. The number of hydrazine groups is 1. The molecule has 0 radical (unpaired) electrons. The fourth-order valence-corrected chi connectivity index (χ4v) is 5.71. The largest absolute Gasteiger partial charge is 0.355 e. The van der Waals surface area contributed by atoms with Crippen molar-refractivity contribution in [1.29, 1.82) is 0 Å². The SMILES string of the molecule is CC1CN2c3c(cnc4c(F)c5c(cc34)C(=O)c3cccc(F)c3-5)N(C)C(=O)C2CN1C1NN1. The van der Waals surface area contributed by atoms with Gasteiger partial charge < -0.3 is 9.80 Å². The van der Waals surface area contributed by atoms with E-state index in [4.69, 9.17) is 0 Å². The molecule has 1 aromatic heterocycles. The molecule has 3 aromatic rings. The summed E-state index contributed by atoms with van der Waals surface area (Å²) in [4.78, 5) is 36.5. The van der Waals surface area contributed by atoms with E-state index in [1.54, 1.807) is 18.0 Å². The van der Waals surface area contributed by atoms with Crippen LogP contribution in [0.3, 0.4) is 0 Å². The van der Waals surface area contributed by atoms with E-state index < -0.39 is 23.5 Å². The van der Waals surface area contributed by atoms with Gasteiger partial charge >= 0.3 is 0 Å². The van der Waals surface area contributed by atoms with E-state index >= 15 is 4.39 Å². The van der Waals surface area contributed by atoms with Crippen molar-refractivity contribution >= 4 is 34.0 Å². The van der Waals surface area contributed by atoms with Crippen molar-refractivity contribution in [2.75, 3.05) is 29.9 Å². The van der Waals surface area contributed by atoms with Crippen LogP contribution in [0.25, 0.3) is 22.0 Å². The molecule has 4 heterocycles. The van der Waals surface area contributed by atoms with Crippen LogP contribution in [0.15, 0.2) is 30.5 Å². The summed E-state index contributed by atoms with van der Waals surface area (Å²) in [6, 6.07) is 5.44. The number of aromatic nitrogens is 1. The lowest BCUT2D eigenvalue weighted by atomic mass is 9.96. The predicted octanol–water partition coefficient (Wildman–Crippen LogP) is 1.97. The molecule has 10 heteroatoms. The van der Waals surface area contributed by atoms with Gasteiger partial charge in [0.2, 0.25) is 0 Å². The van der Waals surface area contributed by atoms with Gasteiger partial charge in [-0.25, -0.2) is 19.6 Å². The van der Waals surface area contributed by atoms with Crippen LogP contribution in [0, 0.1) is 11.6 Å². The summed E-state index contributed by atoms with van der Waals surface area (Å²) in [5.41, 5.74) is 7.63. The molecule has 0 saturated carbocycles. The molecule has 172 valence electrons. The van der Waals surface area contributed by atoms with E-state index in [0.29, 0.717) is 29.9 Å². The minimum Gasteiger partial charge on any atom is -0.355 e. The van der Waals surface area contributed by atoms with E-state index in [9.17, 15) is 14.0 Å². The van der Waals surface area contributed by atoms with Crippen molar-refractivity contribution < 1.29 is 18.4 Å². The van der Waals surface area contributed by atoms with Crippen LogP contribution in [0.4, 0.5) is 20.2 Å². The average molecular weight is 462 g/mol. The average Bonchev–Trinajstić information content (AvgIpc) is 3.62. The van der Waals surface area contributed by atoms with Gasteiger partial charge in [0.25, 0.3) is 5.91 Å². The van der Waals surface area contributed by atoms with Crippen LogP contribution in [-0.2, 0) is 4.79 Å². The van der Waals surface area contributed by atoms with Gasteiger partial charge in [-0.05, 0) is 19.1 Å². The number of benzene rings is 2. The first-order chi connectivity index (χ1) is 16.4. The number of hydrogen-bond acceptors (Lipinski definition) is 7. The van der Waals surface area contributed by atoms with E-state index in [-0.39, 0.29) is 46.0 Å². The second-order valence-corrected chi connectivity index (χ2v) is 9.30. The minimum absolute atomic E-state index is 0.0155. The lowest BCUT2D eigenvalue weighted by Crippen LogP contribution is -2.65. The third-order valence-electron chi connectivity index (χ3n) is 7.46. The number of ketones is 1. The van der Waals surface area contributed by atoms with Crippen molar-refractivity contribution in [2.45, 2.75) is 25.3 Å². The summed E-state index contributed by atoms with van der Waals surface area (Å²) in [7, 11) is 1.68.